The Morgan fingerprint density at radius 1 is 1.36 bits per heavy atom. The first-order chi connectivity index (χ1) is 10.3. The topological polar surface area (TPSA) is 88.0 Å². The van der Waals surface area contributed by atoms with Crippen LogP contribution in [0.5, 0.6) is 11.5 Å². The van der Waals surface area contributed by atoms with Crippen molar-refractivity contribution in [2.45, 2.75) is 26.7 Å². The molecule has 0 atom stereocenters. The van der Waals surface area contributed by atoms with Crippen molar-refractivity contribution in [2.24, 2.45) is 4.99 Å². The van der Waals surface area contributed by atoms with Crippen LogP contribution in [0.2, 0.25) is 0 Å². The zero-order valence-corrected chi connectivity index (χ0v) is 14.1. The van der Waals surface area contributed by atoms with Gasteiger partial charge in [-0.2, -0.15) is 8.42 Å². The normalized spacial score (nSPS) is 12.4. The molecule has 2 N–H and O–H groups in total. The molecule has 1 aromatic rings. The fraction of sp³-hybridized carbons (Fsp3) is 0.533. The summed E-state index contributed by atoms with van der Waals surface area (Å²) in [6.07, 6.45) is 1.07. The third-order valence-electron chi connectivity index (χ3n) is 2.94. The van der Waals surface area contributed by atoms with Gasteiger partial charge in [0, 0.05) is 18.3 Å². The third-order valence-corrected chi connectivity index (χ3v) is 4.17. The van der Waals surface area contributed by atoms with Crippen LogP contribution in [0.4, 0.5) is 0 Å². The number of rotatable bonds is 9. The molecule has 0 aromatic heterocycles. The van der Waals surface area contributed by atoms with Crippen LogP contribution < -0.4 is 9.50 Å². The van der Waals surface area contributed by atoms with E-state index < -0.39 is 10.1 Å². The zero-order valence-electron chi connectivity index (χ0n) is 13.3. The Kier molecular flexibility index (Phi) is 7.34. The molecule has 0 saturated heterocycles. The SMILES string of the molecule is CNCCN=C(C)CCCS(=O)(=O)Oc1cc(C)cc(O)c1. The summed E-state index contributed by atoms with van der Waals surface area (Å²) in [6, 6.07) is 4.39. The smallest absolute Gasteiger partial charge is 0.309 e. The van der Waals surface area contributed by atoms with E-state index in [1.165, 1.54) is 12.1 Å². The van der Waals surface area contributed by atoms with Gasteiger partial charge in [-0.25, -0.2) is 0 Å². The Morgan fingerprint density at radius 2 is 2.09 bits per heavy atom. The van der Waals surface area contributed by atoms with Crippen molar-refractivity contribution in [2.75, 3.05) is 25.9 Å². The monoisotopic (exact) mass is 328 g/mol. The molecule has 0 fully saturated rings. The number of benzene rings is 1. The van der Waals surface area contributed by atoms with E-state index in [1.807, 2.05) is 14.0 Å². The van der Waals surface area contributed by atoms with E-state index in [2.05, 4.69) is 10.3 Å². The maximum atomic E-state index is 11.9. The fourth-order valence-corrected chi connectivity index (χ4v) is 2.88. The Morgan fingerprint density at radius 3 is 2.73 bits per heavy atom. The van der Waals surface area contributed by atoms with E-state index in [0.717, 1.165) is 17.8 Å². The van der Waals surface area contributed by atoms with Crippen molar-refractivity contribution in [1.82, 2.24) is 5.32 Å². The number of aliphatic imine (C=N–C) groups is 1. The van der Waals surface area contributed by atoms with Crippen LogP contribution in [0.15, 0.2) is 23.2 Å². The second-order valence-corrected chi connectivity index (χ2v) is 6.86. The van der Waals surface area contributed by atoms with Gasteiger partial charge in [0.05, 0.1) is 12.3 Å². The van der Waals surface area contributed by atoms with Gasteiger partial charge in [-0.05, 0) is 51.4 Å². The van der Waals surface area contributed by atoms with E-state index in [4.69, 9.17) is 4.18 Å². The van der Waals surface area contributed by atoms with E-state index in [0.29, 0.717) is 19.4 Å². The molecule has 124 valence electrons. The number of nitrogens with zero attached hydrogens (tertiary/aromatic N) is 1. The molecule has 0 aliphatic heterocycles. The number of aromatic hydroxyl groups is 1. The average molecular weight is 328 g/mol. The van der Waals surface area contributed by atoms with Gasteiger partial charge in [0.15, 0.2) is 0 Å². The van der Waals surface area contributed by atoms with E-state index in [9.17, 15) is 13.5 Å². The fourth-order valence-electron chi connectivity index (χ4n) is 1.91. The van der Waals surface area contributed by atoms with Gasteiger partial charge in [0.25, 0.3) is 0 Å². The Bertz CT molecular complexity index is 592. The molecule has 7 heteroatoms. The molecule has 0 unspecified atom stereocenters. The quantitative estimate of drug-likeness (QED) is 0.410. The molecular formula is C15H24N2O4S. The van der Waals surface area contributed by atoms with Crippen LogP contribution in [0.1, 0.15) is 25.3 Å². The lowest BCUT2D eigenvalue weighted by Crippen LogP contribution is -2.15. The summed E-state index contributed by atoms with van der Waals surface area (Å²) in [4.78, 5) is 4.33. The molecule has 0 saturated carbocycles. The molecule has 0 aliphatic carbocycles. The van der Waals surface area contributed by atoms with Crippen LogP contribution in [-0.4, -0.2) is 45.1 Å². The lowest BCUT2D eigenvalue weighted by Gasteiger charge is -2.08. The third kappa shape index (κ3) is 7.42. The van der Waals surface area contributed by atoms with Gasteiger partial charge in [-0.3, -0.25) is 4.99 Å². The summed E-state index contributed by atoms with van der Waals surface area (Å²) in [5.41, 5.74) is 1.66. The highest BCUT2D eigenvalue weighted by Crippen LogP contribution is 2.22. The summed E-state index contributed by atoms with van der Waals surface area (Å²) < 4.78 is 28.8. The maximum absolute atomic E-state index is 11.9. The van der Waals surface area contributed by atoms with Gasteiger partial charge in [0.2, 0.25) is 0 Å². The highest BCUT2D eigenvalue weighted by Gasteiger charge is 2.13. The molecule has 1 aromatic carbocycles. The number of aryl methyl sites for hydroxylation is 1. The minimum Gasteiger partial charge on any atom is -0.508 e. The van der Waals surface area contributed by atoms with Crippen LogP contribution >= 0.6 is 0 Å². The van der Waals surface area contributed by atoms with Crippen molar-refractivity contribution in [1.29, 1.82) is 0 Å². The molecular weight excluding hydrogens is 304 g/mol. The zero-order chi connectivity index (χ0) is 16.6. The summed E-state index contributed by atoms with van der Waals surface area (Å²) in [5.74, 6) is 0.0373. The van der Waals surface area contributed by atoms with Crippen molar-refractivity contribution >= 4 is 15.8 Å². The largest absolute Gasteiger partial charge is 0.508 e. The predicted molar refractivity (Wildman–Crippen MR) is 88.4 cm³/mol. The van der Waals surface area contributed by atoms with Gasteiger partial charge in [-0.1, -0.05) is 0 Å². The minimum absolute atomic E-state index is 0.0160. The second-order valence-electron chi connectivity index (χ2n) is 5.17. The summed E-state index contributed by atoms with van der Waals surface area (Å²) >= 11 is 0. The van der Waals surface area contributed by atoms with Gasteiger partial charge >= 0.3 is 10.1 Å². The second kappa shape index (κ2) is 8.75. The first kappa shape index (κ1) is 18.4. The van der Waals surface area contributed by atoms with Gasteiger partial charge in [0.1, 0.15) is 11.5 Å². The lowest BCUT2D eigenvalue weighted by molar-refractivity contribution is 0.462. The predicted octanol–water partition coefficient (Wildman–Crippen LogP) is 1.87. The first-order valence-corrected chi connectivity index (χ1v) is 8.77. The number of likely N-dealkylation sites (N-methyl/N-ethyl adjacent to an activating group) is 1. The summed E-state index contributed by atoms with van der Waals surface area (Å²) in [5, 5.41) is 12.4. The van der Waals surface area contributed by atoms with Crippen molar-refractivity contribution in [3.05, 3.63) is 23.8 Å². The highest BCUT2D eigenvalue weighted by atomic mass is 32.2. The Hall–Kier alpha value is -1.60. The molecule has 6 nitrogen and oxygen atoms in total. The van der Waals surface area contributed by atoms with Gasteiger partial charge in [-0.15, -0.1) is 0 Å². The summed E-state index contributed by atoms with van der Waals surface area (Å²) in [7, 11) is -1.81. The number of hydrogen-bond donors (Lipinski definition) is 2. The van der Waals surface area contributed by atoms with Crippen molar-refractivity contribution in [3.8, 4) is 11.5 Å². The molecule has 0 bridgehead atoms. The lowest BCUT2D eigenvalue weighted by atomic mass is 10.2. The molecule has 0 amide bonds. The molecule has 0 spiro atoms. The van der Waals surface area contributed by atoms with Crippen LogP contribution in [0.3, 0.4) is 0 Å². The van der Waals surface area contributed by atoms with Crippen molar-refractivity contribution < 1.29 is 17.7 Å². The first-order valence-electron chi connectivity index (χ1n) is 7.20. The molecule has 0 radical (unpaired) electrons. The van der Waals surface area contributed by atoms with Crippen LogP contribution in [0.25, 0.3) is 0 Å². The average Bonchev–Trinajstić information content (AvgIpc) is 2.36. The minimum atomic E-state index is -3.67. The Balaban J connectivity index is 2.49. The number of phenols is 1. The molecule has 1 rings (SSSR count). The van der Waals surface area contributed by atoms with Crippen molar-refractivity contribution in [3.63, 3.8) is 0 Å². The number of nitrogens with one attached hydrogen (secondary N) is 1. The van der Waals surface area contributed by atoms with Crippen LogP contribution in [0, 0.1) is 6.92 Å². The molecule has 0 aliphatic rings. The van der Waals surface area contributed by atoms with E-state index in [-0.39, 0.29) is 17.3 Å². The highest BCUT2D eigenvalue weighted by molar-refractivity contribution is 7.87. The molecule has 0 heterocycles. The van der Waals surface area contributed by atoms with E-state index in [1.54, 1.807) is 13.0 Å². The Labute approximate surface area is 132 Å². The maximum Gasteiger partial charge on any atom is 0.309 e. The summed E-state index contributed by atoms with van der Waals surface area (Å²) in [6.45, 7) is 5.13. The van der Waals surface area contributed by atoms with Gasteiger partial charge < -0.3 is 14.6 Å². The standard InChI is InChI=1S/C15H24N2O4S/c1-12-9-14(18)11-15(10-12)21-22(19,20)8-4-5-13(2)17-7-6-16-3/h9-11,16,18H,4-8H2,1-3H3. The number of hydrogen-bond acceptors (Lipinski definition) is 6. The van der Waals surface area contributed by atoms with Crippen LogP contribution in [-0.2, 0) is 10.1 Å². The number of phenolic OH excluding ortho intramolecular Hbond substituents is 1. The van der Waals surface area contributed by atoms with E-state index >= 15 is 0 Å². The molecule has 22 heavy (non-hydrogen) atoms.